The lowest BCUT2D eigenvalue weighted by Crippen LogP contribution is -2.47. The predicted octanol–water partition coefficient (Wildman–Crippen LogP) is 1.96. The lowest BCUT2D eigenvalue weighted by atomic mass is 9.97. The van der Waals surface area contributed by atoms with Crippen LogP contribution in [0.4, 0.5) is 0 Å². The Morgan fingerprint density at radius 1 is 1.20 bits per heavy atom. The Bertz CT molecular complexity index is 433. The molecule has 1 atom stereocenters. The monoisotopic (exact) mass is 352 g/mol. The van der Waals surface area contributed by atoms with Crippen LogP contribution in [0.25, 0.3) is 0 Å². The van der Waals surface area contributed by atoms with Crippen LogP contribution in [0.3, 0.4) is 0 Å². The molecule has 0 saturated carbocycles. The normalized spacial score (nSPS) is 23.6. The standard InChI is InChI=1S/C19H36N4O2/c1-16-7-6-12-22(15-16)11-5-4-10-21-19(20-2)23-13-8-17(9-14-23)18(24)25-3/h16-17H,4-15H2,1-3H3,(H,20,21). The largest absolute Gasteiger partial charge is 0.469 e. The van der Waals surface area contributed by atoms with Gasteiger partial charge in [0.15, 0.2) is 5.96 Å². The molecule has 0 amide bonds. The van der Waals surface area contributed by atoms with E-state index in [-0.39, 0.29) is 11.9 Å². The summed E-state index contributed by atoms with van der Waals surface area (Å²) in [5.74, 6) is 1.80. The SMILES string of the molecule is CN=C(NCCCCN1CCCC(C)C1)N1CCC(C(=O)OC)CC1. The van der Waals surface area contributed by atoms with Gasteiger partial charge in [-0.25, -0.2) is 0 Å². The van der Waals surface area contributed by atoms with E-state index in [1.165, 1.54) is 52.4 Å². The third-order valence-electron chi connectivity index (χ3n) is 5.47. The fraction of sp³-hybridized carbons (Fsp3) is 0.895. The Labute approximate surface area is 153 Å². The molecule has 1 N–H and O–H groups in total. The summed E-state index contributed by atoms with van der Waals surface area (Å²) in [6.07, 6.45) is 6.85. The summed E-state index contributed by atoms with van der Waals surface area (Å²) in [6, 6.07) is 0. The van der Waals surface area contributed by atoms with Gasteiger partial charge in [0.1, 0.15) is 0 Å². The van der Waals surface area contributed by atoms with Gasteiger partial charge in [-0.15, -0.1) is 0 Å². The average molecular weight is 353 g/mol. The van der Waals surface area contributed by atoms with Crippen molar-refractivity contribution >= 4 is 11.9 Å². The zero-order valence-electron chi connectivity index (χ0n) is 16.3. The first-order valence-corrected chi connectivity index (χ1v) is 9.89. The van der Waals surface area contributed by atoms with Crippen molar-refractivity contribution in [1.29, 1.82) is 0 Å². The number of nitrogens with zero attached hydrogens (tertiary/aromatic N) is 3. The second-order valence-corrected chi connectivity index (χ2v) is 7.51. The summed E-state index contributed by atoms with van der Waals surface area (Å²) in [6.45, 7) is 8.82. The molecule has 0 aromatic heterocycles. The first kappa shape index (κ1) is 20.0. The maximum absolute atomic E-state index is 11.6. The quantitative estimate of drug-likeness (QED) is 0.343. The topological polar surface area (TPSA) is 57.2 Å². The Kier molecular flexibility index (Phi) is 8.52. The van der Waals surface area contributed by atoms with Crippen LogP contribution in [0, 0.1) is 11.8 Å². The van der Waals surface area contributed by atoms with Gasteiger partial charge in [0.25, 0.3) is 0 Å². The molecule has 2 saturated heterocycles. The van der Waals surface area contributed by atoms with Crippen LogP contribution in [0.5, 0.6) is 0 Å². The van der Waals surface area contributed by atoms with Crippen LogP contribution in [0.2, 0.25) is 0 Å². The van der Waals surface area contributed by atoms with E-state index >= 15 is 0 Å². The number of piperidine rings is 2. The molecule has 0 radical (unpaired) electrons. The second kappa shape index (κ2) is 10.6. The van der Waals surface area contributed by atoms with Crippen LogP contribution in [-0.2, 0) is 9.53 Å². The summed E-state index contributed by atoms with van der Waals surface area (Å²) < 4.78 is 4.85. The van der Waals surface area contributed by atoms with E-state index in [4.69, 9.17) is 4.74 Å². The molecule has 0 aromatic carbocycles. The van der Waals surface area contributed by atoms with E-state index in [0.29, 0.717) is 0 Å². The number of unbranched alkanes of at least 4 members (excludes halogenated alkanes) is 1. The molecule has 25 heavy (non-hydrogen) atoms. The molecule has 2 rings (SSSR count). The minimum atomic E-state index is -0.0744. The zero-order chi connectivity index (χ0) is 18.1. The lowest BCUT2D eigenvalue weighted by Gasteiger charge is -2.33. The van der Waals surface area contributed by atoms with E-state index < -0.39 is 0 Å². The Morgan fingerprint density at radius 2 is 1.96 bits per heavy atom. The Morgan fingerprint density at radius 3 is 2.60 bits per heavy atom. The van der Waals surface area contributed by atoms with Gasteiger partial charge >= 0.3 is 5.97 Å². The van der Waals surface area contributed by atoms with E-state index in [1.54, 1.807) is 0 Å². The number of aliphatic imine (C=N–C) groups is 1. The van der Waals surface area contributed by atoms with E-state index in [1.807, 2.05) is 7.05 Å². The van der Waals surface area contributed by atoms with Crippen molar-refractivity contribution in [1.82, 2.24) is 15.1 Å². The molecule has 6 nitrogen and oxygen atoms in total. The molecule has 0 aromatic rings. The summed E-state index contributed by atoms with van der Waals surface area (Å²) >= 11 is 0. The third kappa shape index (κ3) is 6.49. The zero-order valence-corrected chi connectivity index (χ0v) is 16.3. The molecule has 0 aliphatic carbocycles. The van der Waals surface area contributed by atoms with Gasteiger partial charge < -0.3 is 19.9 Å². The highest BCUT2D eigenvalue weighted by Gasteiger charge is 2.26. The summed E-state index contributed by atoms with van der Waals surface area (Å²) in [5.41, 5.74) is 0. The third-order valence-corrected chi connectivity index (χ3v) is 5.47. The molecule has 2 heterocycles. The van der Waals surface area contributed by atoms with Gasteiger partial charge in [-0.05, 0) is 57.5 Å². The number of methoxy groups -OCH3 is 1. The number of rotatable bonds is 6. The predicted molar refractivity (Wildman–Crippen MR) is 102 cm³/mol. The number of likely N-dealkylation sites (tertiary alicyclic amines) is 2. The Balaban J connectivity index is 1.60. The van der Waals surface area contributed by atoms with Gasteiger partial charge in [-0.3, -0.25) is 9.79 Å². The van der Waals surface area contributed by atoms with Crippen molar-refractivity contribution in [3.63, 3.8) is 0 Å². The fourth-order valence-electron chi connectivity index (χ4n) is 3.98. The Hall–Kier alpha value is -1.30. The first-order valence-electron chi connectivity index (χ1n) is 9.89. The maximum atomic E-state index is 11.6. The lowest BCUT2D eigenvalue weighted by molar-refractivity contribution is -0.146. The highest BCUT2D eigenvalue weighted by Crippen LogP contribution is 2.18. The van der Waals surface area contributed by atoms with Gasteiger partial charge in [0, 0.05) is 33.2 Å². The van der Waals surface area contributed by atoms with Crippen molar-refractivity contribution in [2.24, 2.45) is 16.8 Å². The number of hydrogen-bond acceptors (Lipinski definition) is 4. The molecule has 144 valence electrons. The molecule has 1 unspecified atom stereocenters. The molecule has 0 spiro atoms. The molecular formula is C19H36N4O2. The van der Waals surface area contributed by atoms with Crippen LogP contribution in [0.1, 0.15) is 45.4 Å². The van der Waals surface area contributed by atoms with E-state index in [2.05, 4.69) is 27.0 Å². The van der Waals surface area contributed by atoms with Gasteiger partial charge in [0.2, 0.25) is 0 Å². The molecule has 2 fully saturated rings. The summed E-state index contributed by atoms with van der Waals surface area (Å²) in [5, 5.41) is 3.48. The minimum absolute atomic E-state index is 0.0475. The molecule has 6 heteroatoms. The van der Waals surface area contributed by atoms with Crippen molar-refractivity contribution in [2.75, 3.05) is 53.4 Å². The average Bonchev–Trinajstić information content (AvgIpc) is 2.64. The smallest absolute Gasteiger partial charge is 0.308 e. The van der Waals surface area contributed by atoms with Gasteiger partial charge in [-0.1, -0.05) is 6.92 Å². The maximum Gasteiger partial charge on any atom is 0.308 e. The number of carbonyl (C=O) groups excluding carboxylic acids is 1. The fourth-order valence-corrected chi connectivity index (χ4v) is 3.98. The highest BCUT2D eigenvalue weighted by molar-refractivity contribution is 5.80. The van der Waals surface area contributed by atoms with Crippen LogP contribution in [-0.4, -0.2) is 75.2 Å². The van der Waals surface area contributed by atoms with Crippen molar-refractivity contribution in [3.8, 4) is 0 Å². The highest BCUT2D eigenvalue weighted by atomic mass is 16.5. The second-order valence-electron chi connectivity index (χ2n) is 7.51. The van der Waals surface area contributed by atoms with Crippen molar-refractivity contribution in [3.05, 3.63) is 0 Å². The number of ether oxygens (including phenoxy) is 1. The number of guanidine groups is 1. The minimum Gasteiger partial charge on any atom is -0.469 e. The van der Waals surface area contributed by atoms with Crippen LogP contribution >= 0.6 is 0 Å². The summed E-state index contributed by atoms with van der Waals surface area (Å²) in [4.78, 5) is 20.9. The molecule has 2 aliphatic rings. The number of nitrogens with one attached hydrogen (secondary N) is 1. The molecule has 2 aliphatic heterocycles. The summed E-state index contributed by atoms with van der Waals surface area (Å²) in [7, 11) is 3.31. The van der Waals surface area contributed by atoms with Crippen LogP contribution in [0.15, 0.2) is 4.99 Å². The van der Waals surface area contributed by atoms with E-state index in [0.717, 1.165) is 44.4 Å². The first-order chi connectivity index (χ1) is 12.1. The van der Waals surface area contributed by atoms with Gasteiger partial charge in [0.05, 0.1) is 13.0 Å². The van der Waals surface area contributed by atoms with Crippen molar-refractivity contribution in [2.45, 2.75) is 45.4 Å². The van der Waals surface area contributed by atoms with Crippen LogP contribution < -0.4 is 5.32 Å². The molecular weight excluding hydrogens is 316 g/mol. The van der Waals surface area contributed by atoms with Crippen molar-refractivity contribution < 1.29 is 9.53 Å². The number of hydrogen-bond donors (Lipinski definition) is 1. The molecule has 0 bridgehead atoms. The number of esters is 1. The van der Waals surface area contributed by atoms with Gasteiger partial charge in [-0.2, -0.15) is 0 Å². The van der Waals surface area contributed by atoms with E-state index in [9.17, 15) is 4.79 Å². The number of carbonyl (C=O) groups is 1.